The first-order chi connectivity index (χ1) is 11.6. The minimum Gasteiger partial charge on any atom is -0.468 e. The molecule has 0 unspecified atom stereocenters. The molecule has 2 heterocycles. The third kappa shape index (κ3) is 4.29. The van der Waals surface area contributed by atoms with Crippen LogP contribution in [-0.2, 0) is 27.9 Å². The van der Waals surface area contributed by atoms with Crippen molar-refractivity contribution in [1.82, 2.24) is 19.4 Å². The van der Waals surface area contributed by atoms with Crippen molar-refractivity contribution >= 4 is 15.9 Å². The molecule has 0 spiro atoms. The van der Waals surface area contributed by atoms with E-state index in [0.29, 0.717) is 17.1 Å². The Balaban J connectivity index is 2.27. The van der Waals surface area contributed by atoms with Gasteiger partial charge in [0.2, 0.25) is 15.9 Å². The zero-order valence-electron chi connectivity index (χ0n) is 15.1. The first kappa shape index (κ1) is 19.2. The Labute approximate surface area is 147 Å². The lowest BCUT2D eigenvalue weighted by molar-refractivity contribution is -0.122. The van der Waals surface area contributed by atoms with Crippen LogP contribution >= 0.6 is 0 Å². The monoisotopic (exact) mass is 368 g/mol. The van der Waals surface area contributed by atoms with Crippen LogP contribution in [0.1, 0.15) is 31.0 Å². The largest absolute Gasteiger partial charge is 0.468 e. The third-order valence-corrected chi connectivity index (χ3v) is 5.74. The molecule has 9 heteroatoms. The number of carbonyl (C=O) groups excluding carboxylic acids is 1. The first-order valence-corrected chi connectivity index (χ1v) is 9.39. The molecule has 0 radical (unpaired) electrons. The van der Waals surface area contributed by atoms with Gasteiger partial charge in [0.1, 0.15) is 17.2 Å². The molecule has 25 heavy (non-hydrogen) atoms. The SMILES string of the molecule is Cc1nn(CC(=O)NC(C)C)c(C)c1S(=O)(=O)N(C)Cc1ccco1. The average molecular weight is 368 g/mol. The van der Waals surface area contributed by atoms with Crippen LogP contribution in [0.3, 0.4) is 0 Å². The van der Waals surface area contributed by atoms with E-state index in [0.717, 1.165) is 0 Å². The molecule has 0 aromatic carbocycles. The Morgan fingerprint density at radius 1 is 1.40 bits per heavy atom. The quantitative estimate of drug-likeness (QED) is 0.797. The molecule has 0 aliphatic rings. The standard InChI is InChI=1S/C16H24N4O4S/c1-11(2)17-15(21)10-20-13(4)16(12(3)18-20)25(22,23)19(5)9-14-7-6-8-24-14/h6-8,11H,9-10H2,1-5H3,(H,17,21). The molecule has 0 fully saturated rings. The van der Waals surface area contributed by atoms with Crippen molar-refractivity contribution < 1.29 is 17.6 Å². The van der Waals surface area contributed by atoms with E-state index >= 15 is 0 Å². The predicted molar refractivity (Wildman–Crippen MR) is 92.3 cm³/mol. The van der Waals surface area contributed by atoms with Gasteiger partial charge in [0.25, 0.3) is 0 Å². The van der Waals surface area contributed by atoms with Crippen molar-refractivity contribution in [2.75, 3.05) is 7.05 Å². The molecule has 0 bridgehead atoms. The van der Waals surface area contributed by atoms with Crippen molar-refractivity contribution in [3.8, 4) is 0 Å². The topological polar surface area (TPSA) is 97.4 Å². The summed E-state index contributed by atoms with van der Waals surface area (Å²) in [5.41, 5.74) is 0.795. The molecule has 1 amide bonds. The fourth-order valence-electron chi connectivity index (χ4n) is 2.57. The van der Waals surface area contributed by atoms with E-state index < -0.39 is 10.0 Å². The Morgan fingerprint density at radius 3 is 2.64 bits per heavy atom. The van der Waals surface area contributed by atoms with E-state index in [1.54, 1.807) is 26.0 Å². The first-order valence-electron chi connectivity index (χ1n) is 7.95. The van der Waals surface area contributed by atoms with E-state index in [1.807, 2.05) is 13.8 Å². The van der Waals surface area contributed by atoms with Crippen LogP contribution < -0.4 is 5.32 Å². The number of aromatic nitrogens is 2. The van der Waals surface area contributed by atoms with Gasteiger partial charge in [0.15, 0.2) is 0 Å². The second-order valence-corrected chi connectivity index (χ2v) is 8.20. The minimum absolute atomic E-state index is 0.00657. The molecule has 8 nitrogen and oxygen atoms in total. The molecular formula is C16H24N4O4S. The molecule has 0 aliphatic heterocycles. The van der Waals surface area contributed by atoms with Crippen molar-refractivity contribution in [1.29, 1.82) is 0 Å². The van der Waals surface area contributed by atoms with E-state index in [9.17, 15) is 13.2 Å². The maximum atomic E-state index is 12.9. The summed E-state index contributed by atoms with van der Waals surface area (Å²) in [5, 5.41) is 7.00. The van der Waals surface area contributed by atoms with Gasteiger partial charge in [0.05, 0.1) is 24.2 Å². The summed E-state index contributed by atoms with van der Waals surface area (Å²) in [4.78, 5) is 12.1. The van der Waals surface area contributed by atoms with Gasteiger partial charge in [-0.25, -0.2) is 8.42 Å². The number of sulfonamides is 1. The lowest BCUT2D eigenvalue weighted by Crippen LogP contribution is -2.33. The zero-order chi connectivity index (χ0) is 18.8. The Hall–Kier alpha value is -2.13. The summed E-state index contributed by atoms with van der Waals surface area (Å²) >= 11 is 0. The molecule has 0 atom stereocenters. The zero-order valence-corrected chi connectivity index (χ0v) is 15.9. The van der Waals surface area contributed by atoms with Gasteiger partial charge < -0.3 is 9.73 Å². The fraction of sp³-hybridized carbons (Fsp3) is 0.500. The fourth-order valence-corrected chi connectivity index (χ4v) is 4.08. The number of furan rings is 1. The number of nitrogens with one attached hydrogen (secondary N) is 1. The van der Waals surface area contributed by atoms with Crippen LogP contribution in [0.4, 0.5) is 0 Å². The van der Waals surface area contributed by atoms with E-state index in [1.165, 1.54) is 22.3 Å². The average Bonchev–Trinajstić information content (AvgIpc) is 3.07. The highest BCUT2D eigenvalue weighted by molar-refractivity contribution is 7.89. The van der Waals surface area contributed by atoms with Gasteiger partial charge in [-0.1, -0.05) is 0 Å². The number of amides is 1. The van der Waals surface area contributed by atoms with Crippen molar-refractivity contribution in [3.63, 3.8) is 0 Å². The van der Waals surface area contributed by atoms with Crippen molar-refractivity contribution in [2.24, 2.45) is 0 Å². The lowest BCUT2D eigenvalue weighted by Gasteiger charge is -2.16. The highest BCUT2D eigenvalue weighted by Crippen LogP contribution is 2.24. The lowest BCUT2D eigenvalue weighted by atomic mass is 10.4. The van der Waals surface area contributed by atoms with Crippen LogP contribution in [0.5, 0.6) is 0 Å². The molecule has 138 valence electrons. The summed E-state index contributed by atoms with van der Waals surface area (Å²) in [6.07, 6.45) is 1.50. The summed E-state index contributed by atoms with van der Waals surface area (Å²) in [7, 11) is -2.27. The number of rotatable bonds is 7. The van der Waals surface area contributed by atoms with Crippen LogP contribution in [-0.4, -0.2) is 41.5 Å². The normalized spacial score (nSPS) is 12.1. The molecule has 0 aliphatic carbocycles. The minimum atomic E-state index is -3.76. The Morgan fingerprint density at radius 2 is 2.08 bits per heavy atom. The van der Waals surface area contributed by atoms with E-state index in [-0.39, 0.29) is 29.9 Å². The van der Waals surface area contributed by atoms with Crippen LogP contribution in [0, 0.1) is 13.8 Å². The third-order valence-electron chi connectivity index (χ3n) is 3.69. The molecule has 2 rings (SSSR count). The van der Waals surface area contributed by atoms with Crippen LogP contribution in [0.25, 0.3) is 0 Å². The molecule has 1 N–H and O–H groups in total. The molecule has 0 saturated heterocycles. The number of hydrogen-bond acceptors (Lipinski definition) is 5. The number of aryl methyl sites for hydroxylation is 1. The highest BCUT2D eigenvalue weighted by atomic mass is 32.2. The highest BCUT2D eigenvalue weighted by Gasteiger charge is 2.29. The summed E-state index contributed by atoms with van der Waals surface area (Å²) in [5.74, 6) is 0.332. The maximum Gasteiger partial charge on any atom is 0.246 e. The van der Waals surface area contributed by atoms with Gasteiger partial charge >= 0.3 is 0 Å². The summed E-state index contributed by atoms with van der Waals surface area (Å²) in [6, 6.07) is 3.43. The number of hydrogen-bond donors (Lipinski definition) is 1. The Bertz CT molecular complexity index is 838. The van der Waals surface area contributed by atoms with Gasteiger partial charge in [-0.3, -0.25) is 9.48 Å². The maximum absolute atomic E-state index is 12.9. The summed E-state index contributed by atoms with van der Waals surface area (Å²) in [6.45, 7) is 7.08. The van der Waals surface area contributed by atoms with Crippen molar-refractivity contribution in [2.45, 2.75) is 51.7 Å². The second-order valence-electron chi connectivity index (χ2n) is 6.22. The molecule has 2 aromatic heterocycles. The smallest absolute Gasteiger partial charge is 0.246 e. The van der Waals surface area contributed by atoms with Gasteiger partial charge in [-0.2, -0.15) is 9.40 Å². The van der Waals surface area contributed by atoms with Crippen molar-refractivity contribution in [3.05, 3.63) is 35.5 Å². The van der Waals surface area contributed by atoms with Gasteiger partial charge in [-0.15, -0.1) is 0 Å². The molecule has 2 aromatic rings. The number of nitrogens with zero attached hydrogens (tertiary/aromatic N) is 3. The Kier molecular flexibility index (Phi) is 5.69. The van der Waals surface area contributed by atoms with E-state index in [4.69, 9.17) is 4.42 Å². The van der Waals surface area contributed by atoms with Gasteiger partial charge in [-0.05, 0) is 39.8 Å². The summed E-state index contributed by atoms with van der Waals surface area (Å²) < 4.78 is 33.7. The van der Waals surface area contributed by atoms with Crippen LogP contribution in [0.2, 0.25) is 0 Å². The second kappa shape index (κ2) is 7.40. The number of carbonyl (C=O) groups is 1. The molecule has 0 saturated carbocycles. The van der Waals surface area contributed by atoms with Crippen LogP contribution in [0.15, 0.2) is 27.7 Å². The van der Waals surface area contributed by atoms with E-state index in [2.05, 4.69) is 10.4 Å². The molecular weight excluding hydrogens is 344 g/mol. The predicted octanol–water partition coefficient (Wildman–Crippen LogP) is 1.44. The van der Waals surface area contributed by atoms with Gasteiger partial charge in [0, 0.05) is 13.1 Å².